The van der Waals surface area contributed by atoms with Crippen molar-refractivity contribution in [2.75, 3.05) is 5.75 Å². The SMILES string of the molecule is CC(O)CCCCCCCCCCCCCCCCS(=O)(=O)[O-].[K+]. The Hall–Kier alpha value is 1.51. The van der Waals surface area contributed by atoms with Crippen LogP contribution in [-0.4, -0.2) is 29.9 Å². The van der Waals surface area contributed by atoms with Crippen LogP contribution in [0.4, 0.5) is 0 Å². The molecule has 0 aromatic heterocycles. The van der Waals surface area contributed by atoms with Crippen molar-refractivity contribution in [1.29, 1.82) is 0 Å². The van der Waals surface area contributed by atoms with E-state index in [0.29, 0.717) is 6.42 Å². The Bertz CT molecular complexity index is 345. The maximum atomic E-state index is 10.4. The molecule has 0 aromatic carbocycles. The zero-order chi connectivity index (χ0) is 17.4. The van der Waals surface area contributed by atoms with Crippen molar-refractivity contribution >= 4 is 10.1 Å². The van der Waals surface area contributed by atoms with E-state index in [1.807, 2.05) is 6.92 Å². The molecule has 0 radical (unpaired) electrons. The molecule has 0 aliphatic rings. The molecule has 6 heteroatoms. The fourth-order valence-electron chi connectivity index (χ4n) is 2.84. The molecule has 0 aromatic rings. The van der Waals surface area contributed by atoms with Crippen molar-refractivity contribution in [3.63, 3.8) is 0 Å². The van der Waals surface area contributed by atoms with E-state index >= 15 is 0 Å². The number of aliphatic hydroxyl groups excluding tert-OH is 1. The molecule has 0 amide bonds. The fraction of sp³-hybridized carbons (Fsp3) is 1.00. The van der Waals surface area contributed by atoms with E-state index in [-0.39, 0.29) is 63.2 Å². The van der Waals surface area contributed by atoms with Crippen molar-refractivity contribution in [3.05, 3.63) is 0 Å². The summed E-state index contributed by atoms with van der Waals surface area (Å²) in [7, 11) is -4.01. The predicted octanol–water partition coefficient (Wildman–Crippen LogP) is 1.77. The van der Waals surface area contributed by atoms with Crippen LogP contribution in [0, 0.1) is 0 Å². The van der Waals surface area contributed by atoms with Gasteiger partial charge in [0.1, 0.15) is 0 Å². The average molecular weight is 389 g/mol. The minimum absolute atomic E-state index is 0. The fourth-order valence-corrected chi connectivity index (χ4v) is 3.40. The van der Waals surface area contributed by atoms with Crippen LogP contribution in [-0.2, 0) is 10.1 Å². The predicted molar refractivity (Wildman–Crippen MR) is 95.5 cm³/mol. The van der Waals surface area contributed by atoms with Gasteiger partial charge >= 0.3 is 51.4 Å². The molecule has 4 nitrogen and oxygen atoms in total. The van der Waals surface area contributed by atoms with Crippen LogP contribution in [0.2, 0.25) is 0 Å². The van der Waals surface area contributed by atoms with E-state index < -0.39 is 10.1 Å². The summed E-state index contributed by atoms with van der Waals surface area (Å²) in [6.07, 6.45) is 17.2. The molecule has 0 aliphatic carbocycles. The first-order chi connectivity index (χ1) is 10.9. The van der Waals surface area contributed by atoms with Crippen LogP contribution in [0.3, 0.4) is 0 Å². The minimum atomic E-state index is -4.01. The minimum Gasteiger partial charge on any atom is -0.748 e. The first-order valence-corrected chi connectivity index (χ1v) is 11.1. The van der Waals surface area contributed by atoms with Crippen LogP contribution < -0.4 is 51.4 Å². The van der Waals surface area contributed by atoms with Crippen LogP contribution in [0.25, 0.3) is 0 Å². The van der Waals surface area contributed by atoms with Gasteiger partial charge in [0.2, 0.25) is 0 Å². The summed E-state index contributed by atoms with van der Waals surface area (Å²) in [5.74, 6) is -0.202. The molecule has 0 rings (SSSR count). The molecule has 0 aliphatic heterocycles. The normalized spacial score (nSPS) is 12.8. The molecule has 0 fully saturated rings. The van der Waals surface area contributed by atoms with E-state index in [4.69, 9.17) is 5.11 Å². The molecular formula is C18H37KO4S. The largest absolute Gasteiger partial charge is 1.00 e. The first kappa shape index (κ1) is 27.7. The van der Waals surface area contributed by atoms with Crippen molar-refractivity contribution in [2.24, 2.45) is 0 Å². The van der Waals surface area contributed by atoms with Crippen LogP contribution in [0.5, 0.6) is 0 Å². The van der Waals surface area contributed by atoms with Crippen molar-refractivity contribution < 1.29 is 69.5 Å². The van der Waals surface area contributed by atoms with Gasteiger partial charge in [0.15, 0.2) is 0 Å². The second-order valence-electron chi connectivity index (χ2n) is 6.85. The Kier molecular flexibility index (Phi) is 22.3. The topological polar surface area (TPSA) is 77.4 Å². The van der Waals surface area contributed by atoms with E-state index in [1.165, 1.54) is 57.8 Å². The molecule has 1 atom stereocenters. The average Bonchev–Trinajstić information content (AvgIpc) is 2.45. The summed E-state index contributed by atoms with van der Waals surface area (Å²) < 4.78 is 31.3. The van der Waals surface area contributed by atoms with Gasteiger partial charge in [-0.3, -0.25) is 0 Å². The number of rotatable bonds is 17. The Morgan fingerprint density at radius 3 is 1.29 bits per heavy atom. The molecule has 1 N–H and O–H groups in total. The number of hydrogen-bond acceptors (Lipinski definition) is 4. The Labute approximate surface area is 192 Å². The van der Waals surface area contributed by atoms with E-state index in [0.717, 1.165) is 32.1 Å². The maximum absolute atomic E-state index is 10.4. The van der Waals surface area contributed by atoms with Gasteiger partial charge in [-0.25, -0.2) is 8.42 Å². The van der Waals surface area contributed by atoms with E-state index in [2.05, 4.69) is 0 Å². The third kappa shape index (κ3) is 25.7. The summed E-state index contributed by atoms with van der Waals surface area (Å²) >= 11 is 0. The molecule has 0 bridgehead atoms. The van der Waals surface area contributed by atoms with Crippen LogP contribution in [0.15, 0.2) is 0 Å². The summed E-state index contributed by atoms with van der Waals surface area (Å²) in [4.78, 5) is 0. The second-order valence-corrected chi connectivity index (χ2v) is 8.37. The summed E-state index contributed by atoms with van der Waals surface area (Å²) in [6.45, 7) is 1.86. The summed E-state index contributed by atoms with van der Waals surface area (Å²) in [5.41, 5.74) is 0. The van der Waals surface area contributed by atoms with Gasteiger partial charge in [0.25, 0.3) is 0 Å². The Morgan fingerprint density at radius 1 is 0.708 bits per heavy atom. The standard InChI is InChI=1S/C18H38O4S.K/c1-18(19)16-14-12-10-8-6-4-2-3-5-7-9-11-13-15-17-23(20,21)22;/h18-19H,2-17H2,1H3,(H,20,21,22);/q;+1/p-1. The smallest absolute Gasteiger partial charge is 0.748 e. The van der Waals surface area contributed by atoms with Crippen molar-refractivity contribution in [1.82, 2.24) is 0 Å². The van der Waals surface area contributed by atoms with E-state index in [1.54, 1.807) is 0 Å². The van der Waals surface area contributed by atoms with Crippen LogP contribution >= 0.6 is 0 Å². The van der Waals surface area contributed by atoms with Gasteiger partial charge in [-0.05, 0) is 19.8 Å². The molecule has 0 heterocycles. The van der Waals surface area contributed by atoms with Gasteiger partial charge in [-0.1, -0.05) is 83.5 Å². The number of unbranched alkanes of at least 4 members (excludes halogenated alkanes) is 13. The first-order valence-electron chi connectivity index (χ1n) is 9.53. The zero-order valence-electron chi connectivity index (χ0n) is 16.0. The molecule has 0 spiro atoms. The Balaban J connectivity index is 0. The summed E-state index contributed by atoms with van der Waals surface area (Å²) in [5, 5.41) is 9.15. The molecule has 140 valence electrons. The zero-order valence-corrected chi connectivity index (χ0v) is 19.9. The monoisotopic (exact) mass is 388 g/mol. The van der Waals surface area contributed by atoms with Crippen molar-refractivity contribution in [3.8, 4) is 0 Å². The van der Waals surface area contributed by atoms with Gasteiger partial charge < -0.3 is 9.66 Å². The van der Waals surface area contributed by atoms with E-state index in [9.17, 15) is 13.0 Å². The maximum Gasteiger partial charge on any atom is 1.00 e. The molecule has 1 unspecified atom stereocenters. The number of aliphatic hydroxyl groups is 1. The van der Waals surface area contributed by atoms with Gasteiger partial charge in [0.05, 0.1) is 16.2 Å². The molecular weight excluding hydrogens is 351 g/mol. The van der Waals surface area contributed by atoms with Crippen molar-refractivity contribution in [2.45, 2.75) is 109 Å². The second kappa shape index (κ2) is 19.3. The number of hydrogen-bond donors (Lipinski definition) is 1. The molecule has 0 saturated carbocycles. The van der Waals surface area contributed by atoms with Gasteiger partial charge in [-0.2, -0.15) is 0 Å². The molecule has 24 heavy (non-hydrogen) atoms. The summed E-state index contributed by atoms with van der Waals surface area (Å²) in [6, 6.07) is 0. The van der Waals surface area contributed by atoms with Gasteiger partial charge in [-0.15, -0.1) is 0 Å². The third-order valence-corrected chi connectivity index (χ3v) is 5.05. The Morgan fingerprint density at radius 2 is 1.00 bits per heavy atom. The van der Waals surface area contributed by atoms with Gasteiger partial charge in [0, 0.05) is 5.75 Å². The van der Waals surface area contributed by atoms with Crippen LogP contribution in [0.1, 0.15) is 103 Å². The third-order valence-electron chi connectivity index (χ3n) is 4.27. The molecule has 0 saturated heterocycles. The quantitative estimate of drug-likeness (QED) is 0.234.